The molecule has 0 aromatic carbocycles. The van der Waals surface area contributed by atoms with Gasteiger partial charge in [-0.15, -0.1) is 11.3 Å². The minimum Gasteiger partial charge on any atom is -0.463 e. The van der Waals surface area contributed by atoms with Gasteiger partial charge in [-0.05, 0) is 45.4 Å². The fraction of sp³-hybridized carbons (Fsp3) is 0.458. The predicted octanol–water partition coefficient (Wildman–Crippen LogP) is 3.92. The number of fused-ring (bicyclic) bond motifs is 5. The monoisotopic (exact) mass is 468 g/mol. The van der Waals surface area contributed by atoms with Gasteiger partial charge in [0.1, 0.15) is 22.7 Å². The fourth-order valence-electron chi connectivity index (χ4n) is 4.52. The molecule has 0 fully saturated rings. The Morgan fingerprint density at radius 1 is 1.15 bits per heavy atom. The molecule has 5 rings (SSSR count). The van der Waals surface area contributed by atoms with E-state index in [1.165, 1.54) is 16.9 Å². The molecular formula is C24H28N4O4S. The molecule has 5 heterocycles. The summed E-state index contributed by atoms with van der Waals surface area (Å²) in [4.78, 5) is 17.0. The Morgan fingerprint density at radius 2 is 1.91 bits per heavy atom. The molecule has 0 saturated carbocycles. The van der Waals surface area contributed by atoms with Crippen LogP contribution in [0.15, 0.2) is 29.1 Å². The van der Waals surface area contributed by atoms with Gasteiger partial charge in [0.05, 0.1) is 40.9 Å². The first-order valence-corrected chi connectivity index (χ1v) is 11.9. The molecular weight excluding hydrogens is 440 g/mol. The summed E-state index contributed by atoms with van der Waals surface area (Å²) in [6.45, 7) is 8.81. The summed E-state index contributed by atoms with van der Waals surface area (Å²) >= 11 is 1.53. The van der Waals surface area contributed by atoms with E-state index >= 15 is 0 Å². The second-order valence-electron chi connectivity index (χ2n) is 9.38. The number of anilines is 1. The maximum atomic E-state index is 10.1. The van der Waals surface area contributed by atoms with Crippen molar-refractivity contribution in [3.05, 3.63) is 35.9 Å². The molecule has 33 heavy (non-hydrogen) atoms. The molecule has 0 bridgehead atoms. The van der Waals surface area contributed by atoms with Crippen LogP contribution < -0.4 is 4.90 Å². The van der Waals surface area contributed by atoms with Crippen molar-refractivity contribution >= 4 is 37.6 Å². The Hall–Kier alpha value is -2.59. The lowest BCUT2D eigenvalue weighted by molar-refractivity contribution is -0.0395. The number of hydrogen-bond acceptors (Lipinski definition) is 9. The summed E-state index contributed by atoms with van der Waals surface area (Å²) in [5.74, 6) is 1.41. The van der Waals surface area contributed by atoms with Crippen LogP contribution in [0, 0.1) is 0 Å². The molecule has 4 aromatic heterocycles. The smallest absolute Gasteiger partial charge is 0.152 e. The number of aliphatic hydroxyl groups is 2. The number of nitrogens with zero attached hydrogens (tertiary/aromatic N) is 4. The second kappa shape index (κ2) is 8.32. The van der Waals surface area contributed by atoms with Crippen molar-refractivity contribution in [3.63, 3.8) is 0 Å². The van der Waals surface area contributed by atoms with Crippen LogP contribution in [-0.4, -0.2) is 56.1 Å². The maximum absolute atomic E-state index is 10.1. The minimum atomic E-state index is -0.572. The van der Waals surface area contributed by atoms with Gasteiger partial charge in [-0.25, -0.2) is 15.0 Å². The highest BCUT2D eigenvalue weighted by Crippen LogP contribution is 2.44. The highest BCUT2D eigenvalue weighted by molar-refractivity contribution is 7.26. The lowest BCUT2D eigenvalue weighted by atomic mass is 9.89. The first kappa shape index (κ1) is 22.2. The Morgan fingerprint density at radius 3 is 2.58 bits per heavy atom. The number of pyridine rings is 1. The van der Waals surface area contributed by atoms with E-state index in [4.69, 9.17) is 14.1 Å². The number of aliphatic hydroxyl groups excluding tert-OH is 2. The number of hydrogen-bond donors (Lipinski definition) is 2. The molecule has 0 aliphatic carbocycles. The van der Waals surface area contributed by atoms with Crippen molar-refractivity contribution in [1.29, 1.82) is 0 Å². The third-order valence-corrected chi connectivity index (χ3v) is 6.90. The fourth-order valence-corrected chi connectivity index (χ4v) is 5.70. The Balaban J connectivity index is 1.78. The van der Waals surface area contributed by atoms with Crippen molar-refractivity contribution in [2.45, 2.75) is 58.5 Å². The molecule has 0 spiro atoms. The minimum absolute atomic E-state index is 0.309. The average Bonchev–Trinajstić information content (AvgIpc) is 3.38. The molecule has 0 saturated heterocycles. The molecule has 2 N–H and O–H groups in total. The van der Waals surface area contributed by atoms with Crippen LogP contribution in [-0.2, 0) is 17.8 Å². The maximum Gasteiger partial charge on any atom is 0.152 e. The number of rotatable bonds is 6. The van der Waals surface area contributed by atoms with Crippen LogP contribution in [0.25, 0.3) is 31.9 Å². The molecule has 0 amide bonds. The van der Waals surface area contributed by atoms with E-state index in [9.17, 15) is 10.2 Å². The van der Waals surface area contributed by atoms with Gasteiger partial charge in [0.2, 0.25) is 0 Å². The molecule has 2 atom stereocenters. The van der Waals surface area contributed by atoms with Crippen LogP contribution in [0.1, 0.15) is 38.8 Å². The number of ether oxygens (including phenoxy) is 1. The van der Waals surface area contributed by atoms with Crippen molar-refractivity contribution in [2.24, 2.45) is 0 Å². The lowest BCUT2D eigenvalue weighted by Crippen LogP contribution is -2.37. The Bertz CT molecular complexity index is 1290. The largest absolute Gasteiger partial charge is 0.463 e. The molecule has 1 aliphatic rings. The van der Waals surface area contributed by atoms with Gasteiger partial charge in [0, 0.05) is 30.5 Å². The quantitative estimate of drug-likeness (QED) is 0.439. The second-order valence-corrected chi connectivity index (χ2v) is 10.4. The van der Waals surface area contributed by atoms with Crippen LogP contribution in [0.4, 0.5) is 5.82 Å². The van der Waals surface area contributed by atoms with E-state index in [-0.39, 0.29) is 5.60 Å². The van der Waals surface area contributed by atoms with Crippen molar-refractivity contribution in [3.8, 4) is 11.5 Å². The van der Waals surface area contributed by atoms with Crippen molar-refractivity contribution in [1.82, 2.24) is 15.0 Å². The standard InChI is InChI=1S/C24H28N4O4S/c1-13(29)9-28(10-14(2)30)22-21-20(25-12-26-22)18-15-8-24(3,4)32-11-16(15)19(27-23(18)33-21)17-6-5-7-31-17/h5-7,12-14,29-30H,8-11H2,1-4H3/t13-,14-/m1/s1. The third-order valence-electron chi connectivity index (χ3n) is 5.83. The van der Waals surface area contributed by atoms with E-state index in [0.29, 0.717) is 31.3 Å². The van der Waals surface area contributed by atoms with Gasteiger partial charge in [0.25, 0.3) is 0 Å². The zero-order valence-electron chi connectivity index (χ0n) is 19.2. The van der Waals surface area contributed by atoms with E-state index in [1.54, 1.807) is 26.4 Å². The van der Waals surface area contributed by atoms with Gasteiger partial charge >= 0.3 is 0 Å². The predicted molar refractivity (Wildman–Crippen MR) is 129 cm³/mol. The van der Waals surface area contributed by atoms with E-state index < -0.39 is 12.2 Å². The summed E-state index contributed by atoms with van der Waals surface area (Å²) in [6.07, 6.45) is 2.79. The molecule has 0 radical (unpaired) electrons. The number of aromatic nitrogens is 3. The summed E-state index contributed by atoms with van der Waals surface area (Å²) in [6, 6.07) is 3.78. The van der Waals surface area contributed by atoms with E-state index in [1.807, 2.05) is 17.0 Å². The normalized spacial score (nSPS) is 17.3. The number of furan rings is 1. The average molecular weight is 469 g/mol. The molecule has 174 valence electrons. The van der Waals surface area contributed by atoms with Gasteiger partial charge in [-0.3, -0.25) is 0 Å². The highest BCUT2D eigenvalue weighted by Gasteiger charge is 2.33. The van der Waals surface area contributed by atoms with Crippen molar-refractivity contribution < 1.29 is 19.4 Å². The lowest BCUT2D eigenvalue weighted by Gasteiger charge is -2.32. The first-order chi connectivity index (χ1) is 15.7. The molecule has 8 nitrogen and oxygen atoms in total. The van der Waals surface area contributed by atoms with Gasteiger partial charge in [-0.2, -0.15) is 0 Å². The summed E-state index contributed by atoms with van der Waals surface area (Å²) in [7, 11) is 0. The zero-order chi connectivity index (χ0) is 23.3. The molecule has 9 heteroatoms. The zero-order valence-corrected chi connectivity index (χ0v) is 20.0. The van der Waals surface area contributed by atoms with Gasteiger partial charge in [0.15, 0.2) is 5.76 Å². The Labute approximate surface area is 195 Å². The molecule has 1 aliphatic heterocycles. The number of thiophene rings is 1. The van der Waals surface area contributed by atoms with Crippen molar-refractivity contribution in [2.75, 3.05) is 18.0 Å². The highest BCUT2D eigenvalue weighted by atomic mass is 32.1. The first-order valence-electron chi connectivity index (χ1n) is 11.1. The van der Waals surface area contributed by atoms with Gasteiger partial charge < -0.3 is 24.3 Å². The van der Waals surface area contributed by atoms with Crippen LogP contribution in [0.2, 0.25) is 0 Å². The Kier molecular flexibility index (Phi) is 5.60. The summed E-state index contributed by atoms with van der Waals surface area (Å²) in [5.41, 5.74) is 3.53. The van der Waals surface area contributed by atoms with Crippen LogP contribution in [0.5, 0.6) is 0 Å². The van der Waals surface area contributed by atoms with Gasteiger partial charge in [-0.1, -0.05) is 0 Å². The third kappa shape index (κ3) is 4.10. The molecule has 4 aromatic rings. The molecule has 0 unspecified atom stereocenters. The van der Waals surface area contributed by atoms with E-state index in [2.05, 4.69) is 23.8 Å². The summed E-state index contributed by atoms with van der Waals surface area (Å²) in [5, 5.41) is 21.2. The topological polar surface area (TPSA) is 105 Å². The van der Waals surface area contributed by atoms with Crippen LogP contribution in [0.3, 0.4) is 0 Å². The summed E-state index contributed by atoms with van der Waals surface area (Å²) < 4.78 is 12.7. The van der Waals surface area contributed by atoms with Crippen LogP contribution >= 0.6 is 11.3 Å². The SMILES string of the molecule is C[C@@H](O)CN(C[C@@H](C)O)c1ncnc2c1sc1nc(-c3ccco3)c3c(c12)CC(C)(C)OC3. The van der Waals surface area contributed by atoms with E-state index in [0.717, 1.165) is 38.1 Å².